The number of benzene rings is 1. The Balaban J connectivity index is 1.89. The summed E-state index contributed by atoms with van der Waals surface area (Å²) >= 11 is 0. The molecule has 1 aromatic rings. The summed E-state index contributed by atoms with van der Waals surface area (Å²) in [4.78, 5) is 36.5. The van der Waals surface area contributed by atoms with Crippen LogP contribution in [0.5, 0.6) is 0 Å². The van der Waals surface area contributed by atoms with Gasteiger partial charge in [-0.05, 0) is 35.0 Å². The average Bonchev–Trinajstić information content (AvgIpc) is 2.85. The summed E-state index contributed by atoms with van der Waals surface area (Å²) < 4.78 is 10.2. The number of fused-ring (bicyclic) bond motifs is 3. The fourth-order valence-electron chi connectivity index (χ4n) is 4.35. The summed E-state index contributed by atoms with van der Waals surface area (Å²) in [6.45, 7) is 3.74. The number of hydrogen-bond donors (Lipinski definition) is 1. The highest BCUT2D eigenvalue weighted by molar-refractivity contribution is 5.96. The maximum absolute atomic E-state index is 13.0. The number of carbonyl (C=O) groups is 3. The van der Waals surface area contributed by atoms with Crippen molar-refractivity contribution in [3.8, 4) is 0 Å². The molecule has 3 rings (SSSR count). The average molecular weight is 371 g/mol. The molecule has 3 atom stereocenters. The fourth-order valence-corrected chi connectivity index (χ4v) is 4.35. The van der Waals surface area contributed by atoms with Gasteiger partial charge in [0.05, 0.1) is 19.6 Å². The fraction of sp³-hybridized carbons (Fsp3) is 0.476. The quantitative estimate of drug-likeness (QED) is 0.633. The van der Waals surface area contributed by atoms with Gasteiger partial charge < -0.3 is 14.8 Å². The van der Waals surface area contributed by atoms with E-state index in [1.807, 2.05) is 18.2 Å². The first-order valence-corrected chi connectivity index (χ1v) is 9.14. The van der Waals surface area contributed by atoms with Crippen molar-refractivity contribution in [1.29, 1.82) is 0 Å². The number of ether oxygens (including phenoxy) is 2. The second-order valence-electron chi connectivity index (χ2n) is 7.41. The van der Waals surface area contributed by atoms with E-state index in [-0.39, 0.29) is 42.5 Å². The van der Waals surface area contributed by atoms with Crippen molar-refractivity contribution >= 4 is 17.7 Å². The SMILES string of the molecule is COC1=C[C@H](C(=O)NCCOC(C)=O)C2(C)Cc3ccccc3[C@H]2CC1=O. The Labute approximate surface area is 158 Å². The molecule has 0 aromatic heterocycles. The molecule has 0 spiro atoms. The molecule has 0 bridgehead atoms. The number of Topliss-reactive ketones (excluding diaryl/α,β-unsaturated/α-hetero) is 1. The van der Waals surface area contributed by atoms with E-state index >= 15 is 0 Å². The lowest BCUT2D eigenvalue weighted by Crippen LogP contribution is -2.42. The predicted molar refractivity (Wildman–Crippen MR) is 98.8 cm³/mol. The largest absolute Gasteiger partial charge is 0.493 e. The van der Waals surface area contributed by atoms with E-state index < -0.39 is 11.3 Å². The van der Waals surface area contributed by atoms with Crippen molar-refractivity contribution in [3.05, 3.63) is 47.2 Å². The van der Waals surface area contributed by atoms with E-state index in [0.717, 1.165) is 12.0 Å². The Morgan fingerprint density at radius 3 is 2.74 bits per heavy atom. The Kier molecular flexibility index (Phi) is 5.35. The summed E-state index contributed by atoms with van der Waals surface area (Å²) in [5, 5.41) is 2.83. The van der Waals surface area contributed by atoms with Gasteiger partial charge in [0, 0.05) is 13.3 Å². The maximum atomic E-state index is 13.0. The van der Waals surface area contributed by atoms with Gasteiger partial charge in [-0.1, -0.05) is 31.2 Å². The lowest BCUT2D eigenvalue weighted by atomic mass is 9.67. The zero-order valence-electron chi connectivity index (χ0n) is 15.9. The molecule has 0 saturated carbocycles. The van der Waals surface area contributed by atoms with Gasteiger partial charge in [0.1, 0.15) is 6.61 Å². The minimum atomic E-state index is -0.520. The van der Waals surface area contributed by atoms with Crippen LogP contribution < -0.4 is 5.32 Å². The zero-order valence-corrected chi connectivity index (χ0v) is 15.9. The second kappa shape index (κ2) is 7.55. The smallest absolute Gasteiger partial charge is 0.302 e. The molecule has 0 fully saturated rings. The number of rotatable bonds is 5. The highest BCUT2D eigenvalue weighted by atomic mass is 16.5. The van der Waals surface area contributed by atoms with E-state index in [1.165, 1.54) is 19.6 Å². The Morgan fingerprint density at radius 2 is 2.04 bits per heavy atom. The van der Waals surface area contributed by atoms with Crippen molar-refractivity contribution < 1.29 is 23.9 Å². The number of nitrogens with one attached hydrogen (secondary N) is 1. The molecule has 2 aliphatic rings. The molecule has 1 aromatic carbocycles. The van der Waals surface area contributed by atoms with E-state index in [2.05, 4.69) is 18.3 Å². The molecule has 27 heavy (non-hydrogen) atoms. The van der Waals surface area contributed by atoms with Crippen LogP contribution in [0.1, 0.15) is 37.3 Å². The number of methoxy groups -OCH3 is 1. The number of ketones is 1. The zero-order chi connectivity index (χ0) is 19.6. The molecule has 1 unspecified atom stereocenters. The van der Waals surface area contributed by atoms with Crippen LogP contribution in [-0.2, 0) is 30.3 Å². The summed E-state index contributed by atoms with van der Waals surface area (Å²) in [6.07, 6.45) is 2.70. The van der Waals surface area contributed by atoms with Gasteiger partial charge >= 0.3 is 5.97 Å². The van der Waals surface area contributed by atoms with E-state index in [1.54, 1.807) is 6.08 Å². The van der Waals surface area contributed by atoms with E-state index in [4.69, 9.17) is 9.47 Å². The molecule has 1 N–H and O–H groups in total. The number of carbonyl (C=O) groups excluding carboxylic acids is 3. The highest BCUT2D eigenvalue weighted by Gasteiger charge is 2.52. The van der Waals surface area contributed by atoms with Crippen molar-refractivity contribution in [3.63, 3.8) is 0 Å². The molecular formula is C21H25NO5. The summed E-state index contributed by atoms with van der Waals surface area (Å²) in [5.41, 5.74) is 1.90. The normalized spacial score (nSPS) is 26.3. The lowest BCUT2D eigenvalue weighted by molar-refractivity contribution is -0.141. The van der Waals surface area contributed by atoms with Crippen molar-refractivity contribution in [2.45, 2.75) is 32.6 Å². The third-order valence-corrected chi connectivity index (χ3v) is 5.70. The van der Waals surface area contributed by atoms with Gasteiger partial charge in [0.15, 0.2) is 11.5 Å². The van der Waals surface area contributed by atoms with Crippen LogP contribution in [0.3, 0.4) is 0 Å². The van der Waals surface area contributed by atoms with Crippen molar-refractivity contribution in [1.82, 2.24) is 5.32 Å². The molecule has 2 aliphatic carbocycles. The molecule has 144 valence electrons. The Morgan fingerprint density at radius 1 is 1.30 bits per heavy atom. The maximum Gasteiger partial charge on any atom is 0.302 e. The molecule has 0 radical (unpaired) electrons. The molecule has 1 amide bonds. The van der Waals surface area contributed by atoms with Crippen LogP contribution >= 0.6 is 0 Å². The molecule has 0 heterocycles. The molecule has 0 saturated heterocycles. The third-order valence-electron chi connectivity index (χ3n) is 5.70. The van der Waals surface area contributed by atoms with Crippen LogP contribution in [0.25, 0.3) is 0 Å². The first-order valence-electron chi connectivity index (χ1n) is 9.14. The third kappa shape index (κ3) is 3.61. The molecule has 6 nitrogen and oxygen atoms in total. The molecule has 6 heteroatoms. The highest BCUT2D eigenvalue weighted by Crippen LogP contribution is 2.55. The van der Waals surface area contributed by atoms with E-state index in [9.17, 15) is 14.4 Å². The second-order valence-corrected chi connectivity index (χ2v) is 7.41. The van der Waals surface area contributed by atoms with Gasteiger partial charge in [-0.15, -0.1) is 0 Å². The Hall–Kier alpha value is -2.63. The number of hydrogen-bond acceptors (Lipinski definition) is 5. The number of esters is 1. The summed E-state index contributed by atoms with van der Waals surface area (Å²) in [7, 11) is 1.46. The van der Waals surface area contributed by atoms with Crippen LogP contribution in [0, 0.1) is 11.3 Å². The number of amides is 1. The van der Waals surface area contributed by atoms with Crippen LogP contribution in [0.2, 0.25) is 0 Å². The first-order chi connectivity index (χ1) is 12.9. The van der Waals surface area contributed by atoms with Crippen LogP contribution in [0.4, 0.5) is 0 Å². The Bertz CT molecular complexity index is 800. The van der Waals surface area contributed by atoms with Gasteiger partial charge in [-0.25, -0.2) is 0 Å². The standard InChI is InChI=1S/C21H25NO5/c1-13(23)27-9-8-22-20(25)17-11-19(26-3)18(24)10-16-15-7-5-4-6-14(15)12-21(16,17)2/h4-7,11,16-17H,8-10,12H2,1-3H3,(H,22,25)/t16-,17-,21?/m1/s1. The summed E-state index contributed by atoms with van der Waals surface area (Å²) in [5.74, 6) is -0.984. The van der Waals surface area contributed by atoms with Crippen LogP contribution in [0.15, 0.2) is 36.1 Å². The minimum absolute atomic E-state index is 0.0469. The monoisotopic (exact) mass is 371 g/mol. The van der Waals surface area contributed by atoms with Crippen molar-refractivity contribution in [2.75, 3.05) is 20.3 Å². The van der Waals surface area contributed by atoms with Gasteiger partial charge in [-0.2, -0.15) is 0 Å². The van der Waals surface area contributed by atoms with E-state index in [0.29, 0.717) is 6.42 Å². The minimum Gasteiger partial charge on any atom is -0.493 e. The lowest BCUT2D eigenvalue weighted by Gasteiger charge is -2.35. The summed E-state index contributed by atoms with van der Waals surface area (Å²) in [6, 6.07) is 8.07. The number of allylic oxidation sites excluding steroid dienone is 1. The van der Waals surface area contributed by atoms with Crippen molar-refractivity contribution in [2.24, 2.45) is 11.3 Å². The van der Waals surface area contributed by atoms with Gasteiger partial charge in [0.25, 0.3) is 0 Å². The molecule has 0 aliphatic heterocycles. The predicted octanol–water partition coefficient (Wildman–Crippen LogP) is 2.13. The molecular weight excluding hydrogens is 346 g/mol. The van der Waals surface area contributed by atoms with Gasteiger partial charge in [0.2, 0.25) is 5.91 Å². The first kappa shape index (κ1) is 19.1. The topological polar surface area (TPSA) is 81.7 Å². The van der Waals surface area contributed by atoms with Gasteiger partial charge in [-0.3, -0.25) is 14.4 Å². The van der Waals surface area contributed by atoms with Crippen LogP contribution in [-0.4, -0.2) is 37.9 Å².